The highest BCUT2D eigenvalue weighted by Crippen LogP contribution is 2.24. The van der Waals surface area contributed by atoms with E-state index in [0.29, 0.717) is 18.9 Å². The van der Waals surface area contributed by atoms with E-state index in [1.807, 2.05) is 6.07 Å². The highest BCUT2D eigenvalue weighted by Gasteiger charge is 2.10. The Morgan fingerprint density at radius 1 is 1.33 bits per heavy atom. The number of aliphatic imine (C=N–C) groups is 1. The summed E-state index contributed by atoms with van der Waals surface area (Å²) in [6, 6.07) is 6.35. The van der Waals surface area contributed by atoms with Crippen LogP contribution in [0.15, 0.2) is 23.2 Å². The van der Waals surface area contributed by atoms with Crippen LogP contribution in [0.25, 0.3) is 0 Å². The number of benzene rings is 1. The van der Waals surface area contributed by atoms with Gasteiger partial charge in [0.1, 0.15) is 0 Å². The van der Waals surface area contributed by atoms with Crippen LogP contribution in [-0.4, -0.2) is 24.2 Å². The predicted molar refractivity (Wildman–Crippen MR) is 85.7 cm³/mol. The number of nitrogens with two attached hydrogens (primary N) is 1. The van der Waals surface area contributed by atoms with Crippen molar-refractivity contribution in [1.29, 1.82) is 0 Å². The van der Waals surface area contributed by atoms with E-state index in [9.17, 15) is 0 Å². The molecule has 0 atom stereocenters. The summed E-state index contributed by atoms with van der Waals surface area (Å²) in [4.78, 5) is 4.13. The molecule has 0 amide bonds. The Labute approximate surface area is 125 Å². The molecule has 1 aromatic carbocycles. The molecule has 0 saturated carbocycles. The molecule has 18 heavy (non-hydrogen) atoms. The number of fused-ring (bicyclic) bond motifs is 1. The summed E-state index contributed by atoms with van der Waals surface area (Å²) >= 11 is 0. The van der Waals surface area contributed by atoms with Gasteiger partial charge in [-0.2, -0.15) is 0 Å². The van der Waals surface area contributed by atoms with Crippen molar-refractivity contribution in [1.82, 2.24) is 0 Å². The number of hydrogen-bond acceptors (Lipinski definition) is 2. The van der Waals surface area contributed by atoms with E-state index in [-0.39, 0.29) is 30.6 Å². The van der Waals surface area contributed by atoms with Crippen molar-refractivity contribution in [2.24, 2.45) is 10.7 Å². The second-order valence-electron chi connectivity index (χ2n) is 4.31. The number of anilines is 1. The van der Waals surface area contributed by atoms with E-state index in [1.165, 1.54) is 24.0 Å². The monoisotopic (exact) mass is 361 g/mol. The molecule has 4 N–H and O–H groups in total. The van der Waals surface area contributed by atoms with Crippen LogP contribution in [0, 0.1) is 0 Å². The van der Waals surface area contributed by atoms with Crippen molar-refractivity contribution >= 4 is 35.6 Å². The highest BCUT2D eigenvalue weighted by atomic mass is 127. The molecule has 0 saturated heterocycles. The predicted octanol–water partition coefficient (Wildman–Crippen LogP) is 1.90. The molecule has 5 heteroatoms. The van der Waals surface area contributed by atoms with Gasteiger partial charge in [0.15, 0.2) is 5.96 Å². The zero-order valence-corrected chi connectivity index (χ0v) is 12.7. The van der Waals surface area contributed by atoms with Gasteiger partial charge in [-0.15, -0.1) is 24.0 Å². The third kappa shape index (κ3) is 4.13. The van der Waals surface area contributed by atoms with Crippen molar-refractivity contribution in [3.63, 3.8) is 0 Å². The first-order chi connectivity index (χ1) is 8.29. The van der Waals surface area contributed by atoms with Gasteiger partial charge < -0.3 is 16.2 Å². The molecule has 0 unspecified atom stereocenters. The second kappa shape index (κ2) is 7.58. The normalized spacial score (nSPS) is 13.9. The van der Waals surface area contributed by atoms with E-state index >= 15 is 0 Å². The van der Waals surface area contributed by atoms with Crippen LogP contribution >= 0.6 is 24.0 Å². The molecule has 0 bridgehead atoms. The summed E-state index contributed by atoms with van der Waals surface area (Å²) in [7, 11) is 0. The fourth-order valence-corrected chi connectivity index (χ4v) is 2.11. The van der Waals surface area contributed by atoms with Gasteiger partial charge in [-0.25, -0.2) is 0 Å². The Kier molecular flexibility index (Phi) is 6.42. The first kappa shape index (κ1) is 15.2. The van der Waals surface area contributed by atoms with E-state index < -0.39 is 0 Å². The maximum atomic E-state index is 8.64. The molecular weight excluding hydrogens is 341 g/mol. The van der Waals surface area contributed by atoms with Crippen LogP contribution in [0.1, 0.15) is 24.0 Å². The minimum Gasteiger partial charge on any atom is -0.396 e. The van der Waals surface area contributed by atoms with Gasteiger partial charge in [-0.05, 0) is 48.9 Å². The number of guanidine groups is 1. The van der Waals surface area contributed by atoms with Crippen molar-refractivity contribution < 1.29 is 5.11 Å². The molecule has 0 radical (unpaired) electrons. The number of nitrogens with zero attached hydrogens (tertiary/aromatic N) is 1. The van der Waals surface area contributed by atoms with E-state index in [2.05, 4.69) is 22.4 Å². The Hall–Kier alpha value is -0.820. The number of nitrogens with one attached hydrogen (secondary N) is 1. The Morgan fingerprint density at radius 2 is 2.11 bits per heavy atom. The zero-order chi connectivity index (χ0) is 12.1. The fourth-order valence-electron chi connectivity index (χ4n) is 2.11. The number of rotatable bonds is 4. The molecule has 1 aliphatic carbocycles. The van der Waals surface area contributed by atoms with Gasteiger partial charge in [0.05, 0.1) is 0 Å². The minimum absolute atomic E-state index is 0. The Bertz CT molecular complexity index is 421. The first-order valence-electron chi connectivity index (χ1n) is 6.09. The molecule has 0 aliphatic heterocycles. The lowest BCUT2D eigenvalue weighted by molar-refractivity contribution is 0.291. The number of halogens is 1. The largest absolute Gasteiger partial charge is 0.396 e. The highest BCUT2D eigenvalue weighted by molar-refractivity contribution is 14.0. The quantitative estimate of drug-likeness (QED) is 0.332. The summed E-state index contributed by atoms with van der Waals surface area (Å²) < 4.78 is 0. The van der Waals surface area contributed by atoms with Crippen molar-refractivity contribution in [3.05, 3.63) is 29.3 Å². The molecule has 4 nitrogen and oxygen atoms in total. The van der Waals surface area contributed by atoms with Gasteiger partial charge >= 0.3 is 0 Å². The molecule has 0 heterocycles. The molecular formula is C13H20IN3O. The molecule has 2 rings (SSSR count). The van der Waals surface area contributed by atoms with E-state index in [1.54, 1.807) is 0 Å². The van der Waals surface area contributed by atoms with Crippen molar-refractivity contribution in [2.75, 3.05) is 18.5 Å². The maximum Gasteiger partial charge on any atom is 0.193 e. The van der Waals surface area contributed by atoms with E-state index in [4.69, 9.17) is 10.8 Å². The third-order valence-electron chi connectivity index (χ3n) is 2.97. The molecule has 0 aromatic heterocycles. The SMILES string of the molecule is I.NC(=NCCCO)Nc1ccc2c(c1)CCC2. The molecule has 0 fully saturated rings. The summed E-state index contributed by atoms with van der Waals surface area (Å²) in [5.41, 5.74) is 9.61. The average molecular weight is 361 g/mol. The molecule has 1 aromatic rings. The van der Waals surface area contributed by atoms with Crippen LogP contribution in [0.4, 0.5) is 5.69 Å². The third-order valence-corrected chi connectivity index (χ3v) is 2.97. The number of aliphatic hydroxyl groups is 1. The van der Waals surface area contributed by atoms with Crippen molar-refractivity contribution in [3.8, 4) is 0 Å². The number of aliphatic hydroxyl groups excluding tert-OH is 1. The zero-order valence-electron chi connectivity index (χ0n) is 10.4. The minimum atomic E-state index is 0. The van der Waals surface area contributed by atoms with Gasteiger partial charge in [-0.3, -0.25) is 4.99 Å². The summed E-state index contributed by atoms with van der Waals surface area (Å²) in [5, 5.41) is 11.7. The van der Waals surface area contributed by atoms with E-state index in [0.717, 1.165) is 12.1 Å². The number of hydrogen-bond donors (Lipinski definition) is 3. The number of aryl methyl sites for hydroxylation is 2. The fraction of sp³-hybridized carbons (Fsp3) is 0.462. The summed E-state index contributed by atoms with van der Waals surface area (Å²) in [5.74, 6) is 0.413. The Balaban J connectivity index is 0.00000162. The van der Waals surface area contributed by atoms with Crippen LogP contribution in [0.5, 0.6) is 0 Å². The van der Waals surface area contributed by atoms with Crippen LogP contribution in [0.2, 0.25) is 0 Å². The smallest absolute Gasteiger partial charge is 0.193 e. The molecule has 100 valence electrons. The van der Waals surface area contributed by atoms with Gasteiger partial charge in [0.25, 0.3) is 0 Å². The lowest BCUT2D eigenvalue weighted by Gasteiger charge is -2.07. The summed E-state index contributed by atoms with van der Waals surface area (Å²) in [6.07, 6.45) is 4.24. The summed E-state index contributed by atoms with van der Waals surface area (Å²) in [6.45, 7) is 0.704. The maximum absolute atomic E-state index is 8.64. The standard InChI is InChI=1S/C13H19N3O.HI/c14-13(15-7-2-8-17)16-12-6-5-10-3-1-4-11(10)9-12;/h5-6,9,17H,1-4,7-8H2,(H3,14,15,16);1H. The first-order valence-corrected chi connectivity index (χ1v) is 6.09. The second-order valence-corrected chi connectivity index (χ2v) is 4.31. The van der Waals surface area contributed by atoms with Crippen LogP contribution in [0.3, 0.4) is 0 Å². The van der Waals surface area contributed by atoms with Gasteiger partial charge in [0.2, 0.25) is 0 Å². The lowest BCUT2D eigenvalue weighted by atomic mass is 10.1. The van der Waals surface area contributed by atoms with Crippen LogP contribution in [-0.2, 0) is 12.8 Å². The Morgan fingerprint density at radius 3 is 2.89 bits per heavy atom. The van der Waals surface area contributed by atoms with Crippen LogP contribution < -0.4 is 11.1 Å². The lowest BCUT2D eigenvalue weighted by Crippen LogP contribution is -2.23. The van der Waals surface area contributed by atoms with Crippen molar-refractivity contribution in [2.45, 2.75) is 25.7 Å². The average Bonchev–Trinajstić information content (AvgIpc) is 2.76. The van der Waals surface area contributed by atoms with Gasteiger partial charge in [0, 0.05) is 18.8 Å². The topological polar surface area (TPSA) is 70.6 Å². The van der Waals surface area contributed by atoms with Gasteiger partial charge in [-0.1, -0.05) is 6.07 Å². The molecule has 0 spiro atoms. The molecule has 1 aliphatic rings.